The molecule has 3 rings (SSSR count). The molecule has 0 unspecified atom stereocenters. The molecule has 2 aromatic rings. The van der Waals surface area contributed by atoms with Crippen molar-refractivity contribution < 1.29 is 13.9 Å². The summed E-state index contributed by atoms with van der Waals surface area (Å²) in [6, 6.07) is 7.46. The number of aromatic nitrogens is 1. The highest BCUT2D eigenvalue weighted by molar-refractivity contribution is 6.33. The Morgan fingerprint density at radius 1 is 1.27 bits per heavy atom. The average Bonchev–Trinajstić information content (AvgIpc) is 3.13. The molecule has 7 heteroatoms. The third-order valence-electron chi connectivity index (χ3n) is 4.34. The predicted octanol–water partition coefficient (Wildman–Crippen LogP) is 2.77. The van der Waals surface area contributed by atoms with Crippen molar-refractivity contribution in [2.45, 2.75) is 19.3 Å². The maximum atomic E-state index is 12.0. The Bertz CT molecular complexity index is 714. The van der Waals surface area contributed by atoms with Crippen molar-refractivity contribution in [3.8, 4) is 11.3 Å². The van der Waals surface area contributed by atoms with Crippen LogP contribution in [0.2, 0.25) is 5.02 Å². The molecule has 0 spiro atoms. The largest absolute Gasteiger partial charge is 0.441 e. The van der Waals surface area contributed by atoms with Crippen LogP contribution >= 0.6 is 11.6 Å². The lowest BCUT2D eigenvalue weighted by Gasteiger charge is -2.26. The molecule has 0 radical (unpaired) electrons. The summed E-state index contributed by atoms with van der Waals surface area (Å²) >= 11 is 6.16. The van der Waals surface area contributed by atoms with Crippen molar-refractivity contribution in [3.05, 3.63) is 41.4 Å². The van der Waals surface area contributed by atoms with Gasteiger partial charge in [0, 0.05) is 38.0 Å². The quantitative estimate of drug-likeness (QED) is 0.716. The molecule has 0 saturated carbocycles. The van der Waals surface area contributed by atoms with E-state index < -0.39 is 0 Å². The number of carbonyl (C=O) groups is 1. The molecular weight excluding hydrogens is 354 g/mol. The molecule has 1 fully saturated rings. The minimum Gasteiger partial charge on any atom is -0.441 e. The Balaban J connectivity index is 1.36. The Morgan fingerprint density at radius 3 is 2.88 bits per heavy atom. The van der Waals surface area contributed by atoms with Crippen LogP contribution < -0.4 is 5.32 Å². The van der Waals surface area contributed by atoms with Crippen molar-refractivity contribution in [1.82, 2.24) is 15.2 Å². The summed E-state index contributed by atoms with van der Waals surface area (Å²) in [7, 11) is 0. The number of nitrogens with one attached hydrogen (secondary N) is 1. The Morgan fingerprint density at radius 2 is 2.08 bits per heavy atom. The van der Waals surface area contributed by atoms with Crippen molar-refractivity contribution in [3.63, 3.8) is 0 Å². The maximum Gasteiger partial charge on any atom is 0.220 e. The van der Waals surface area contributed by atoms with Gasteiger partial charge in [0.2, 0.25) is 5.91 Å². The molecule has 1 amide bonds. The Hall–Kier alpha value is -1.89. The lowest BCUT2D eigenvalue weighted by atomic mass is 10.2. The molecule has 1 N–H and O–H groups in total. The minimum atomic E-state index is 0.0180. The highest BCUT2D eigenvalue weighted by Crippen LogP contribution is 2.28. The van der Waals surface area contributed by atoms with Crippen molar-refractivity contribution in [2.75, 3.05) is 39.4 Å². The average molecular weight is 378 g/mol. The molecule has 1 aromatic carbocycles. The first-order valence-electron chi connectivity index (χ1n) is 8.99. The highest BCUT2D eigenvalue weighted by Gasteiger charge is 2.12. The highest BCUT2D eigenvalue weighted by atomic mass is 35.5. The molecule has 1 aromatic heterocycles. The molecule has 0 aliphatic carbocycles. The molecule has 6 nitrogen and oxygen atoms in total. The van der Waals surface area contributed by atoms with Gasteiger partial charge in [-0.2, -0.15) is 0 Å². The first kappa shape index (κ1) is 18.9. The first-order chi connectivity index (χ1) is 12.7. The minimum absolute atomic E-state index is 0.0180. The molecule has 1 aliphatic heterocycles. The summed E-state index contributed by atoms with van der Waals surface area (Å²) in [5.74, 6) is 1.18. The number of aryl methyl sites for hydroxylation is 1. The molecule has 26 heavy (non-hydrogen) atoms. The van der Waals surface area contributed by atoms with Gasteiger partial charge in [-0.05, 0) is 25.1 Å². The fourth-order valence-electron chi connectivity index (χ4n) is 2.88. The van der Waals surface area contributed by atoms with E-state index in [9.17, 15) is 4.79 Å². The summed E-state index contributed by atoms with van der Waals surface area (Å²) in [6.45, 7) is 5.24. The van der Waals surface area contributed by atoms with Crippen LogP contribution in [-0.4, -0.2) is 55.2 Å². The first-order valence-corrected chi connectivity index (χ1v) is 9.36. The number of morpholine rings is 1. The number of nitrogens with zero attached hydrogens (tertiary/aromatic N) is 2. The summed E-state index contributed by atoms with van der Waals surface area (Å²) in [5, 5.41) is 3.57. The number of carbonyl (C=O) groups excluding carboxylic acids is 1. The zero-order valence-corrected chi connectivity index (χ0v) is 15.5. The second-order valence-electron chi connectivity index (χ2n) is 6.26. The van der Waals surface area contributed by atoms with E-state index in [2.05, 4.69) is 15.2 Å². The van der Waals surface area contributed by atoms with Gasteiger partial charge in [-0.25, -0.2) is 4.98 Å². The van der Waals surface area contributed by atoms with Crippen LogP contribution in [0.15, 0.2) is 34.9 Å². The van der Waals surface area contributed by atoms with Crippen LogP contribution in [0, 0.1) is 0 Å². The van der Waals surface area contributed by atoms with Crippen molar-refractivity contribution in [2.24, 2.45) is 0 Å². The maximum absolute atomic E-state index is 12.0. The zero-order valence-electron chi connectivity index (χ0n) is 14.7. The summed E-state index contributed by atoms with van der Waals surface area (Å²) in [4.78, 5) is 18.6. The van der Waals surface area contributed by atoms with Gasteiger partial charge in [0.1, 0.15) is 0 Å². The number of hydrogen-bond acceptors (Lipinski definition) is 5. The van der Waals surface area contributed by atoms with Gasteiger partial charge in [-0.1, -0.05) is 23.7 Å². The monoisotopic (exact) mass is 377 g/mol. The molecule has 0 bridgehead atoms. The Labute approximate surface area is 158 Å². The van der Waals surface area contributed by atoms with E-state index in [1.165, 1.54) is 0 Å². The third-order valence-corrected chi connectivity index (χ3v) is 4.67. The van der Waals surface area contributed by atoms with Crippen molar-refractivity contribution >= 4 is 17.5 Å². The van der Waals surface area contributed by atoms with E-state index in [0.29, 0.717) is 36.1 Å². The molecule has 140 valence electrons. The van der Waals surface area contributed by atoms with Crippen molar-refractivity contribution in [1.29, 1.82) is 0 Å². The van der Waals surface area contributed by atoms with Gasteiger partial charge in [-0.3, -0.25) is 9.69 Å². The van der Waals surface area contributed by atoms with Gasteiger partial charge in [0.25, 0.3) is 0 Å². The SMILES string of the molecule is O=C(CCc1ncc(-c2ccccc2Cl)o1)NCCCN1CCOCC1. The number of benzene rings is 1. The summed E-state index contributed by atoms with van der Waals surface area (Å²) in [6.07, 6.45) is 3.43. The topological polar surface area (TPSA) is 67.6 Å². The normalized spacial score (nSPS) is 15.1. The van der Waals surface area contributed by atoms with Crippen LogP contribution in [0.4, 0.5) is 0 Å². The number of ether oxygens (including phenoxy) is 1. The number of halogens is 1. The number of oxazole rings is 1. The predicted molar refractivity (Wildman–Crippen MR) is 100 cm³/mol. The van der Waals surface area contributed by atoms with Crippen LogP contribution in [0.1, 0.15) is 18.7 Å². The van der Waals surface area contributed by atoms with Gasteiger partial charge in [0.05, 0.1) is 24.4 Å². The fraction of sp³-hybridized carbons (Fsp3) is 0.474. The smallest absolute Gasteiger partial charge is 0.220 e. The van der Waals surface area contributed by atoms with E-state index in [0.717, 1.165) is 44.8 Å². The summed E-state index contributed by atoms with van der Waals surface area (Å²) < 4.78 is 11.0. The second kappa shape index (κ2) is 9.71. The number of hydrogen-bond donors (Lipinski definition) is 1. The third kappa shape index (κ3) is 5.56. The number of rotatable bonds is 8. The van der Waals surface area contributed by atoms with Crippen LogP contribution in [0.25, 0.3) is 11.3 Å². The van der Waals surface area contributed by atoms with E-state index >= 15 is 0 Å². The lowest BCUT2D eigenvalue weighted by molar-refractivity contribution is -0.121. The standard InChI is InChI=1S/C19H24ClN3O3/c20-16-5-2-1-4-15(16)17-14-22-19(26-17)7-6-18(24)21-8-3-9-23-10-12-25-13-11-23/h1-2,4-5,14H,3,6-13H2,(H,21,24). The zero-order chi connectivity index (χ0) is 18.2. The molecule has 0 atom stereocenters. The van der Waals surface area contributed by atoms with Crippen LogP contribution in [-0.2, 0) is 16.0 Å². The van der Waals surface area contributed by atoms with Gasteiger partial charge >= 0.3 is 0 Å². The lowest BCUT2D eigenvalue weighted by Crippen LogP contribution is -2.38. The van der Waals surface area contributed by atoms with E-state index in [-0.39, 0.29) is 5.91 Å². The van der Waals surface area contributed by atoms with Crippen LogP contribution in [0.5, 0.6) is 0 Å². The number of amides is 1. The van der Waals surface area contributed by atoms with Crippen LogP contribution in [0.3, 0.4) is 0 Å². The van der Waals surface area contributed by atoms with E-state index in [1.807, 2.05) is 24.3 Å². The second-order valence-corrected chi connectivity index (χ2v) is 6.66. The van der Waals surface area contributed by atoms with E-state index in [4.69, 9.17) is 20.8 Å². The molecule has 2 heterocycles. The van der Waals surface area contributed by atoms with Gasteiger partial charge in [-0.15, -0.1) is 0 Å². The molecule has 1 saturated heterocycles. The van der Waals surface area contributed by atoms with Gasteiger partial charge in [0.15, 0.2) is 11.7 Å². The fourth-order valence-corrected chi connectivity index (χ4v) is 3.10. The Kier molecular flexibility index (Phi) is 7.05. The molecule has 1 aliphatic rings. The summed E-state index contributed by atoms with van der Waals surface area (Å²) in [5.41, 5.74) is 0.806. The molecular formula is C19H24ClN3O3. The van der Waals surface area contributed by atoms with E-state index in [1.54, 1.807) is 6.20 Å². The van der Waals surface area contributed by atoms with Gasteiger partial charge < -0.3 is 14.5 Å².